The van der Waals surface area contributed by atoms with E-state index >= 15 is 0 Å². The Balaban J connectivity index is 1.66. The Labute approximate surface area is 118 Å². The Morgan fingerprint density at radius 3 is 2.95 bits per heavy atom. The molecule has 1 aliphatic carbocycles. The number of hydrogen-bond donors (Lipinski definition) is 1. The third-order valence-corrected chi connectivity index (χ3v) is 5.14. The van der Waals surface area contributed by atoms with Crippen molar-refractivity contribution in [2.24, 2.45) is 0 Å². The van der Waals surface area contributed by atoms with E-state index in [2.05, 4.69) is 22.2 Å². The first-order valence-corrected chi connectivity index (χ1v) is 8.02. The summed E-state index contributed by atoms with van der Waals surface area (Å²) in [5.74, 6) is 0.0361. The minimum absolute atomic E-state index is 0.0361. The lowest BCUT2D eigenvalue weighted by Crippen LogP contribution is -2.36. The highest BCUT2D eigenvalue weighted by Crippen LogP contribution is 2.25. The normalized spacial score (nSPS) is 21.1. The molecule has 1 aromatic heterocycles. The number of thiazole rings is 1. The highest BCUT2D eigenvalue weighted by molar-refractivity contribution is 7.13. The lowest BCUT2D eigenvalue weighted by molar-refractivity contribution is 0.0927. The molecule has 0 radical (unpaired) electrons. The average Bonchev–Trinajstić information content (AvgIpc) is 2.83. The molecule has 0 unspecified atom stereocenters. The van der Waals surface area contributed by atoms with Crippen LogP contribution in [-0.4, -0.2) is 35.4 Å². The topological polar surface area (TPSA) is 45.2 Å². The Hall–Kier alpha value is -0.940. The van der Waals surface area contributed by atoms with Crippen molar-refractivity contribution in [2.45, 2.75) is 51.1 Å². The van der Waals surface area contributed by atoms with Gasteiger partial charge in [0, 0.05) is 30.4 Å². The van der Waals surface area contributed by atoms with Crippen molar-refractivity contribution < 1.29 is 4.79 Å². The Morgan fingerprint density at radius 1 is 1.37 bits per heavy atom. The SMILES string of the molecule is CN1CCc2nc(C(=O)NC3CCCCC3)sc2C1. The third kappa shape index (κ3) is 2.98. The summed E-state index contributed by atoms with van der Waals surface area (Å²) in [5, 5.41) is 3.81. The minimum Gasteiger partial charge on any atom is -0.347 e. The molecule has 0 aromatic carbocycles. The number of likely N-dealkylation sites (N-methyl/N-ethyl adjacent to an activating group) is 1. The van der Waals surface area contributed by atoms with Crippen LogP contribution in [0.1, 0.15) is 52.5 Å². The van der Waals surface area contributed by atoms with Crippen molar-refractivity contribution in [1.29, 1.82) is 0 Å². The fraction of sp³-hybridized carbons (Fsp3) is 0.714. The van der Waals surface area contributed by atoms with Crippen LogP contribution in [0.2, 0.25) is 0 Å². The van der Waals surface area contributed by atoms with Crippen LogP contribution in [0.3, 0.4) is 0 Å². The summed E-state index contributed by atoms with van der Waals surface area (Å²) in [6.07, 6.45) is 7.01. The summed E-state index contributed by atoms with van der Waals surface area (Å²) in [7, 11) is 2.12. The molecular weight excluding hydrogens is 258 g/mol. The molecule has 2 heterocycles. The van der Waals surface area contributed by atoms with Crippen LogP contribution in [0.4, 0.5) is 0 Å². The Bertz CT molecular complexity index is 465. The van der Waals surface area contributed by atoms with Gasteiger partial charge < -0.3 is 10.2 Å². The van der Waals surface area contributed by atoms with Crippen LogP contribution < -0.4 is 5.32 Å². The van der Waals surface area contributed by atoms with Gasteiger partial charge in [0.15, 0.2) is 5.01 Å². The number of nitrogens with one attached hydrogen (secondary N) is 1. The van der Waals surface area contributed by atoms with Crippen molar-refractivity contribution in [3.63, 3.8) is 0 Å². The fourth-order valence-corrected chi connectivity index (χ4v) is 4.01. The zero-order valence-corrected chi connectivity index (χ0v) is 12.3. The Morgan fingerprint density at radius 2 is 2.16 bits per heavy atom. The number of carbonyl (C=O) groups is 1. The molecular formula is C14H21N3OS. The van der Waals surface area contributed by atoms with Gasteiger partial charge in [0.1, 0.15) is 0 Å². The lowest BCUT2D eigenvalue weighted by atomic mass is 9.95. The van der Waals surface area contributed by atoms with E-state index in [-0.39, 0.29) is 5.91 Å². The number of fused-ring (bicyclic) bond motifs is 1. The predicted molar refractivity (Wildman–Crippen MR) is 76.5 cm³/mol. The molecule has 1 aliphatic heterocycles. The molecule has 1 fully saturated rings. The smallest absolute Gasteiger partial charge is 0.280 e. The molecule has 1 saturated carbocycles. The fourth-order valence-electron chi connectivity index (χ4n) is 2.91. The number of carbonyl (C=O) groups excluding carboxylic acids is 1. The molecule has 3 rings (SSSR count). The van der Waals surface area contributed by atoms with E-state index in [1.165, 1.54) is 24.1 Å². The van der Waals surface area contributed by atoms with E-state index < -0.39 is 0 Å². The summed E-state index contributed by atoms with van der Waals surface area (Å²) in [6, 6.07) is 0.366. The monoisotopic (exact) mass is 279 g/mol. The van der Waals surface area contributed by atoms with Gasteiger partial charge in [-0.15, -0.1) is 11.3 Å². The molecule has 0 bridgehead atoms. The minimum atomic E-state index is 0.0361. The van der Waals surface area contributed by atoms with E-state index in [1.54, 1.807) is 11.3 Å². The highest BCUT2D eigenvalue weighted by atomic mass is 32.1. The molecule has 104 valence electrons. The van der Waals surface area contributed by atoms with Gasteiger partial charge in [0.05, 0.1) is 5.69 Å². The first-order valence-electron chi connectivity index (χ1n) is 7.20. The Kier molecular flexibility index (Phi) is 3.84. The van der Waals surface area contributed by atoms with Crippen molar-refractivity contribution in [1.82, 2.24) is 15.2 Å². The second-order valence-corrected chi connectivity index (χ2v) is 6.77. The molecule has 0 atom stereocenters. The molecule has 5 heteroatoms. The van der Waals surface area contributed by atoms with Crippen molar-refractivity contribution in [3.8, 4) is 0 Å². The van der Waals surface area contributed by atoms with E-state index in [0.717, 1.165) is 38.0 Å². The van der Waals surface area contributed by atoms with E-state index in [4.69, 9.17) is 0 Å². The summed E-state index contributed by atoms with van der Waals surface area (Å²) < 4.78 is 0. The zero-order valence-electron chi connectivity index (χ0n) is 11.4. The molecule has 4 nitrogen and oxygen atoms in total. The molecule has 1 amide bonds. The number of rotatable bonds is 2. The van der Waals surface area contributed by atoms with Gasteiger partial charge in [-0.2, -0.15) is 0 Å². The standard InChI is InChI=1S/C14H21N3OS/c1-17-8-7-11-12(9-17)19-14(16-11)13(18)15-10-5-3-2-4-6-10/h10H,2-9H2,1H3,(H,15,18). The van der Waals surface area contributed by atoms with Gasteiger partial charge in [-0.05, 0) is 19.9 Å². The van der Waals surface area contributed by atoms with Crippen LogP contribution >= 0.6 is 11.3 Å². The van der Waals surface area contributed by atoms with Gasteiger partial charge >= 0.3 is 0 Å². The molecule has 0 saturated heterocycles. The quantitative estimate of drug-likeness (QED) is 0.902. The molecule has 2 aliphatic rings. The van der Waals surface area contributed by atoms with Crippen molar-refractivity contribution >= 4 is 17.2 Å². The molecule has 1 N–H and O–H groups in total. The van der Waals surface area contributed by atoms with E-state index in [1.807, 2.05) is 0 Å². The van der Waals surface area contributed by atoms with Gasteiger partial charge in [-0.3, -0.25) is 4.79 Å². The summed E-state index contributed by atoms with van der Waals surface area (Å²) >= 11 is 1.57. The first kappa shape index (κ1) is 13.1. The predicted octanol–water partition coefficient (Wildman–Crippen LogP) is 2.19. The maximum Gasteiger partial charge on any atom is 0.280 e. The number of aromatic nitrogens is 1. The van der Waals surface area contributed by atoms with Gasteiger partial charge in [0.25, 0.3) is 5.91 Å². The largest absolute Gasteiger partial charge is 0.347 e. The van der Waals surface area contributed by atoms with Crippen LogP contribution in [0, 0.1) is 0 Å². The second kappa shape index (κ2) is 5.59. The average molecular weight is 279 g/mol. The van der Waals surface area contributed by atoms with Gasteiger partial charge in [-0.1, -0.05) is 19.3 Å². The van der Waals surface area contributed by atoms with E-state index in [9.17, 15) is 4.79 Å². The van der Waals surface area contributed by atoms with Crippen LogP contribution in [0.25, 0.3) is 0 Å². The third-order valence-electron chi connectivity index (χ3n) is 4.06. The van der Waals surface area contributed by atoms with Gasteiger partial charge in [0.2, 0.25) is 0 Å². The van der Waals surface area contributed by atoms with Crippen LogP contribution in [0.15, 0.2) is 0 Å². The summed E-state index contributed by atoms with van der Waals surface area (Å²) in [6.45, 7) is 1.98. The van der Waals surface area contributed by atoms with Crippen LogP contribution in [0.5, 0.6) is 0 Å². The first-order chi connectivity index (χ1) is 9.22. The van der Waals surface area contributed by atoms with Crippen molar-refractivity contribution in [2.75, 3.05) is 13.6 Å². The highest BCUT2D eigenvalue weighted by Gasteiger charge is 2.23. The molecule has 0 spiro atoms. The number of hydrogen-bond acceptors (Lipinski definition) is 4. The molecule has 19 heavy (non-hydrogen) atoms. The van der Waals surface area contributed by atoms with E-state index in [0.29, 0.717) is 11.0 Å². The maximum atomic E-state index is 12.2. The molecule has 1 aromatic rings. The van der Waals surface area contributed by atoms with Crippen LogP contribution in [-0.2, 0) is 13.0 Å². The lowest BCUT2D eigenvalue weighted by Gasteiger charge is -2.22. The summed E-state index contributed by atoms with van der Waals surface area (Å²) in [4.78, 5) is 20.3. The number of amides is 1. The van der Waals surface area contributed by atoms with Crippen molar-refractivity contribution in [3.05, 3.63) is 15.6 Å². The summed E-state index contributed by atoms with van der Waals surface area (Å²) in [5.41, 5.74) is 1.14. The van der Waals surface area contributed by atoms with Gasteiger partial charge in [-0.25, -0.2) is 4.98 Å². The number of nitrogens with zero attached hydrogens (tertiary/aromatic N) is 2. The maximum absolute atomic E-state index is 12.2. The second-order valence-electron chi connectivity index (χ2n) is 5.69. The zero-order chi connectivity index (χ0) is 13.2.